The number of carbonyl (C=O) groups is 1. The summed E-state index contributed by atoms with van der Waals surface area (Å²) < 4.78 is 39.8. The Bertz CT molecular complexity index is 1010. The first-order valence-electron chi connectivity index (χ1n) is 10.7. The molecule has 2 aromatic carbocycles. The molecule has 7 nitrogen and oxygen atoms in total. The number of anilines is 2. The number of nitrogens with zero attached hydrogens (tertiary/aromatic N) is 2. The number of urea groups is 1. The first-order chi connectivity index (χ1) is 15.0. The van der Waals surface area contributed by atoms with Gasteiger partial charge >= 0.3 is 6.03 Å². The lowest BCUT2D eigenvalue weighted by Crippen LogP contribution is -2.50. The number of piperazine rings is 1. The summed E-state index contributed by atoms with van der Waals surface area (Å²) >= 11 is 0. The standard InChI is InChI=1S/C23H31FN4O3S/c1-23(2,3)18-4-8-20(9-5-18)26-22(29)25-12-17-32(30,31)28-15-13-27(14-16-28)21-10-6-19(24)7-11-21/h4-11H,12-17H2,1-3H3,(H2,25,26,29). The van der Waals surface area contributed by atoms with Crippen LogP contribution in [-0.4, -0.2) is 57.2 Å². The van der Waals surface area contributed by atoms with Crippen molar-refractivity contribution in [2.24, 2.45) is 0 Å². The zero-order valence-corrected chi connectivity index (χ0v) is 19.6. The van der Waals surface area contributed by atoms with E-state index in [9.17, 15) is 17.6 Å². The smallest absolute Gasteiger partial charge is 0.319 e. The maximum Gasteiger partial charge on any atom is 0.319 e. The highest BCUT2D eigenvalue weighted by atomic mass is 32.2. The lowest BCUT2D eigenvalue weighted by molar-refractivity contribution is 0.252. The molecule has 1 heterocycles. The first kappa shape index (κ1) is 24.0. The zero-order valence-electron chi connectivity index (χ0n) is 18.8. The molecule has 0 atom stereocenters. The summed E-state index contributed by atoms with van der Waals surface area (Å²) in [6, 6.07) is 13.3. The van der Waals surface area contributed by atoms with Gasteiger partial charge in [-0.05, 0) is 47.4 Å². The summed E-state index contributed by atoms with van der Waals surface area (Å²) in [5.74, 6) is -0.464. The van der Waals surface area contributed by atoms with Crippen LogP contribution in [0.5, 0.6) is 0 Å². The van der Waals surface area contributed by atoms with Crippen molar-refractivity contribution in [1.29, 1.82) is 0 Å². The van der Waals surface area contributed by atoms with Crippen molar-refractivity contribution < 1.29 is 17.6 Å². The Kier molecular flexibility index (Phi) is 7.40. The Morgan fingerprint density at radius 2 is 1.56 bits per heavy atom. The van der Waals surface area contributed by atoms with Gasteiger partial charge < -0.3 is 15.5 Å². The Balaban J connectivity index is 1.43. The SMILES string of the molecule is CC(C)(C)c1ccc(NC(=O)NCCS(=O)(=O)N2CCN(c3ccc(F)cc3)CC2)cc1. The molecule has 0 radical (unpaired) electrons. The van der Waals surface area contributed by atoms with E-state index >= 15 is 0 Å². The lowest BCUT2D eigenvalue weighted by Gasteiger charge is -2.35. The number of benzene rings is 2. The van der Waals surface area contributed by atoms with E-state index in [0.717, 1.165) is 11.3 Å². The van der Waals surface area contributed by atoms with Crippen LogP contribution in [0.4, 0.5) is 20.6 Å². The minimum absolute atomic E-state index is 0.0203. The van der Waals surface area contributed by atoms with Gasteiger partial charge in [-0.2, -0.15) is 4.31 Å². The molecule has 2 amide bonds. The Hall–Kier alpha value is -2.65. The van der Waals surface area contributed by atoms with Crippen molar-refractivity contribution in [2.45, 2.75) is 26.2 Å². The van der Waals surface area contributed by atoms with Crippen LogP contribution >= 0.6 is 0 Å². The highest BCUT2D eigenvalue weighted by Gasteiger charge is 2.27. The number of nitrogens with one attached hydrogen (secondary N) is 2. The largest absolute Gasteiger partial charge is 0.369 e. The molecular weight excluding hydrogens is 431 g/mol. The predicted octanol–water partition coefficient (Wildman–Crippen LogP) is 3.40. The van der Waals surface area contributed by atoms with Crippen molar-refractivity contribution in [3.05, 3.63) is 59.9 Å². The number of rotatable bonds is 6. The first-order valence-corrected chi connectivity index (χ1v) is 12.3. The molecule has 9 heteroatoms. The number of amides is 2. The van der Waals surface area contributed by atoms with Crippen molar-refractivity contribution in [3.63, 3.8) is 0 Å². The molecule has 1 fully saturated rings. The molecule has 0 aliphatic carbocycles. The summed E-state index contributed by atoms with van der Waals surface area (Å²) in [6.07, 6.45) is 0. The number of sulfonamides is 1. The Morgan fingerprint density at radius 3 is 2.12 bits per heavy atom. The molecule has 1 saturated heterocycles. The van der Waals surface area contributed by atoms with Crippen molar-refractivity contribution in [2.75, 3.05) is 48.7 Å². The van der Waals surface area contributed by atoms with Crippen LogP contribution in [-0.2, 0) is 15.4 Å². The van der Waals surface area contributed by atoms with E-state index in [2.05, 4.69) is 31.4 Å². The summed E-state index contributed by atoms with van der Waals surface area (Å²) in [4.78, 5) is 14.1. The molecule has 3 rings (SSSR count). The topological polar surface area (TPSA) is 81.8 Å². The van der Waals surface area contributed by atoms with Crippen molar-refractivity contribution >= 4 is 27.4 Å². The molecule has 0 bridgehead atoms. The molecule has 0 saturated carbocycles. The highest BCUT2D eigenvalue weighted by molar-refractivity contribution is 7.89. The van der Waals surface area contributed by atoms with Crippen LogP contribution in [0, 0.1) is 5.82 Å². The quantitative estimate of drug-likeness (QED) is 0.690. The molecule has 0 unspecified atom stereocenters. The van der Waals surface area contributed by atoms with Crippen LogP contribution < -0.4 is 15.5 Å². The molecule has 2 aromatic rings. The van der Waals surface area contributed by atoms with Crippen LogP contribution in [0.1, 0.15) is 26.3 Å². The van der Waals surface area contributed by atoms with Gasteiger partial charge in [0, 0.05) is 44.1 Å². The van der Waals surface area contributed by atoms with E-state index in [-0.39, 0.29) is 23.5 Å². The molecule has 174 valence electrons. The molecule has 0 spiro atoms. The highest BCUT2D eigenvalue weighted by Crippen LogP contribution is 2.23. The van der Waals surface area contributed by atoms with Gasteiger partial charge in [-0.25, -0.2) is 17.6 Å². The fourth-order valence-electron chi connectivity index (χ4n) is 3.53. The molecule has 1 aliphatic heterocycles. The number of halogens is 1. The van der Waals surface area contributed by atoms with Gasteiger partial charge in [0.2, 0.25) is 10.0 Å². The summed E-state index contributed by atoms with van der Waals surface area (Å²) in [6.45, 7) is 8.14. The van der Waals surface area contributed by atoms with E-state index < -0.39 is 16.1 Å². The number of hydrogen-bond donors (Lipinski definition) is 2. The monoisotopic (exact) mass is 462 g/mol. The van der Waals surface area contributed by atoms with Gasteiger partial charge in [0.25, 0.3) is 0 Å². The van der Waals surface area contributed by atoms with Gasteiger partial charge in [-0.3, -0.25) is 0 Å². The van der Waals surface area contributed by atoms with Gasteiger partial charge in [0.1, 0.15) is 5.82 Å². The fraction of sp³-hybridized carbons (Fsp3) is 0.435. The fourth-order valence-corrected chi connectivity index (χ4v) is 4.87. The average molecular weight is 463 g/mol. The zero-order chi connectivity index (χ0) is 23.4. The van der Waals surface area contributed by atoms with Crippen molar-refractivity contribution in [1.82, 2.24) is 9.62 Å². The van der Waals surface area contributed by atoms with E-state index in [4.69, 9.17) is 0 Å². The second kappa shape index (κ2) is 9.87. The Labute approximate surface area is 189 Å². The third kappa shape index (κ3) is 6.43. The van der Waals surface area contributed by atoms with Crippen LogP contribution in [0.3, 0.4) is 0 Å². The lowest BCUT2D eigenvalue weighted by atomic mass is 9.87. The van der Waals surface area contributed by atoms with E-state index in [1.165, 1.54) is 16.4 Å². The summed E-state index contributed by atoms with van der Waals surface area (Å²) in [5.41, 5.74) is 2.71. The maximum atomic E-state index is 13.1. The third-order valence-electron chi connectivity index (χ3n) is 5.48. The number of hydrogen-bond acceptors (Lipinski definition) is 4. The molecule has 32 heavy (non-hydrogen) atoms. The van der Waals surface area contributed by atoms with E-state index in [1.54, 1.807) is 12.1 Å². The Morgan fingerprint density at radius 1 is 0.969 bits per heavy atom. The second-order valence-electron chi connectivity index (χ2n) is 8.89. The van der Waals surface area contributed by atoms with E-state index in [1.807, 2.05) is 29.2 Å². The van der Waals surface area contributed by atoms with E-state index in [0.29, 0.717) is 31.9 Å². The molecule has 0 aromatic heterocycles. The summed E-state index contributed by atoms with van der Waals surface area (Å²) in [7, 11) is -3.48. The second-order valence-corrected chi connectivity index (χ2v) is 11.0. The molecular formula is C23H31FN4O3S. The summed E-state index contributed by atoms with van der Waals surface area (Å²) in [5, 5.41) is 5.33. The van der Waals surface area contributed by atoms with Gasteiger partial charge in [0.05, 0.1) is 5.75 Å². The van der Waals surface area contributed by atoms with Crippen LogP contribution in [0.25, 0.3) is 0 Å². The van der Waals surface area contributed by atoms with Crippen LogP contribution in [0.2, 0.25) is 0 Å². The third-order valence-corrected chi connectivity index (χ3v) is 7.35. The maximum absolute atomic E-state index is 13.1. The van der Waals surface area contributed by atoms with Gasteiger partial charge in [0.15, 0.2) is 0 Å². The van der Waals surface area contributed by atoms with Gasteiger partial charge in [-0.1, -0.05) is 32.9 Å². The minimum atomic E-state index is -3.48. The average Bonchev–Trinajstić information content (AvgIpc) is 2.74. The molecule has 2 N–H and O–H groups in total. The van der Waals surface area contributed by atoms with Crippen molar-refractivity contribution in [3.8, 4) is 0 Å². The normalized spacial score (nSPS) is 15.4. The number of carbonyl (C=O) groups excluding carboxylic acids is 1. The minimum Gasteiger partial charge on any atom is -0.369 e. The van der Waals surface area contributed by atoms with Crippen LogP contribution in [0.15, 0.2) is 48.5 Å². The van der Waals surface area contributed by atoms with Gasteiger partial charge in [-0.15, -0.1) is 0 Å². The molecule has 1 aliphatic rings. The predicted molar refractivity (Wildman–Crippen MR) is 126 cm³/mol.